The highest BCUT2D eigenvalue weighted by atomic mass is 16.4. The largest absolute Gasteiger partial charge is 0.481 e. The first-order valence-electron chi connectivity index (χ1n) is 7.40. The lowest BCUT2D eigenvalue weighted by Crippen LogP contribution is -2.48. The Bertz CT molecular complexity index is 367. The van der Waals surface area contributed by atoms with Crippen molar-refractivity contribution in [3.63, 3.8) is 0 Å². The van der Waals surface area contributed by atoms with Gasteiger partial charge in [0.25, 0.3) is 0 Å². The van der Waals surface area contributed by atoms with E-state index in [1.165, 1.54) is 6.92 Å². The number of amides is 1. The van der Waals surface area contributed by atoms with Gasteiger partial charge in [-0.15, -0.1) is 0 Å². The van der Waals surface area contributed by atoms with Crippen LogP contribution < -0.4 is 5.32 Å². The highest BCUT2D eigenvalue weighted by molar-refractivity contribution is 5.88. The number of Topliss-reactive ketones (excluding diaryl/α,β-unsaturated/α-hetero) is 1. The Morgan fingerprint density at radius 2 is 1.71 bits per heavy atom. The average Bonchev–Trinajstić information content (AvgIpc) is 2.33. The SMILES string of the molecule is CC(=O)C(NC(=O)CN(CCCC(=O)O)C(C)C)C(C)C. The van der Waals surface area contributed by atoms with Crippen molar-refractivity contribution in [1.29, 1.82) is 0 Å². The Labute approximate surface area is 126 Å². The summed E-state index contributed by atoms with van der Waals surface area (Å²) in [6.45, 7) is 9.88. The number of nitrogens with one attached hydrogen (secondary N) is 1. The van der Waals surface area contributed by atoms with Crippen molar-refractivity contribution in [3.05, 3.63) is 0 Å². The molecule has 0 aliphatic rings. The van der Waals surface area contributed by atoms with Crippen LogP contribution in [0.1, 0.15) is 47.5 Å². The van der Waals surface area contributed by atoms with Gasteiger partial charge in [0.1, 0.15) is 0 Å². The Balaban J connectivity index is 4.46. The summed E-state index contributed by atoms with van der Waals surface area (Å²) in [6.07, 6.45) is 0.591. The maximum Gasteiger partial charge on any atom is 0.303 e. The molecule has 0 aliphatic heterocycles. The quantitative estimate of drug-likeness (QED) is 0.635. The van der Waals surface area contributed by atoms with E-state index in [0.29, 0.717) is 13.0 Å². The number of carbonyl (C=O) groups is 3. The summed E-state index contributed by atoms with van der Waals surface area (Å²) in [6, 6.07) is -0.329. The van der Waals surface area contributed by atoms with Crippen molar-refractivity contribution in [2.24, 2.45) is 5.92 Å². The van der Waals surface area contributed by atoms with Gasteiger partial charge in [-0.05, 0) is 39.7 Å². The van der Waals surface area contributed by atoms with Crippen LogP contribution in [0.5, 0.6) is 0 Å². The van der Waals surface area contributed by atoms with E-state index in [0.717, 1.165) is 0 Å². The zero-order valence-corrected chi connectivity index (χ0v) is 13.7. The average molecular weight is 300 g/mol. The molecule has 0 saturated carbocycles. The molecule has 0 fully saturated rings. The third-order valence-corrected chi connectivity index (χ3v) is 3.33. The number of hydrogen-bond donors (Lipinski definition) is 2. The molecule has 1 atom stereocenters. The van der Waals surface area contributed by atoms with E-state index in [1.54, 1.807) is 0 Å². The lowest BCUT2D eigenvalue weighted by molar-refractivity contribution is -0.137. The van der Waals surface area contributed by atoms with Gasteiger partial charge >= 0.3 is 5.97 Å². The second-order valence-electron chi connectivity index (χ2n) is 5.96. The molecule has 0 heterocycles. The van der Waals surface area contributed by atoms with E-state index in [1.807, 2.05) is 32.6 Å². The molecule has 1 unspecified atom stereocenters. The molecule has 0 bridgehead atoms. The minimum absolute atomic E-state index is 0.0472. The second kappa shape index (κ2) is 9.50. The van der Waals surface area contributed by atoms with Gasteiger partial charge in [-0.25, -0.2) is 0 Å². The van der Waals surface area contributed by atoms with E-state index >= 15 is 0 Å². The van der Waals surface area contributed by atoms with Crippen molar-refractivity contribution in [2.45, 2.75) is 59.5 Å². The van der Waals surface area contributed by atoms with Crippen LogP contribution in [-0.2, 0) is 14.4 Å². The third kappa shape index (κ3) is 8.45. The molecule has 122 valence electrons. The summed E-state index contributed by atoms with van der Waals surface area (Å²) >= 11 is 0. The van der Waals surface area contributed by atoms with Crippen molar-refractivity contribution < 1.29 is 19.5 Å². The predicted octanol–water partition coefficient (Wildman–Crippen LogP) is 1.29. The molecular formula is C15H28N2O4. The lowest BCUT2D eigenvalue weighted by atomic mass is 10.0. The van der Waals surface area contributed by atoms with Crippen molar-refractivity contribution >= 4 is 17.7 Å². The Kier molecular flexibility index (Phi) is 8.85. The van der Waals surface area contributed by atoms with Crippen LogP contribution >= 0.6 is 0 Å². The molecule has 6 nitrogen and oxygen atoms in total. The molecule has 6 heteroatoms. The summed E-state index contributed by atoms with van der Waals surface area (Å²) < 4.78 is 0. The standard InChI is InChI=1S/C15H28N2O4/c1-10(2)15(12(5)18)16-13(19)9-17(11(3)4)8-6-7-14(20)21/h10-11,15H,6-9H2,1-5H3,(H,16,19)(H,20,21). The minimum atomic E-state index is -0.834. The molecule has 2 N–H and O–H groups in total. The molecule has 0 aliphatic carbocycles. The maximum atomic E-state index is 12.1. The van der Waals surface area contributed by atoms with Gasteiger partial charge in [0.05, 0.1) is 12.6 Å². The van der Waals surface area contributed by atoms with Crippen LogP contribution in [0.2, 0.25) is 0 Å². The molecule has 0 aromatic carbocycles. The van der Waals surface area contributed by atoms with Crippen molar-refractivity contribution in [1.82, 2.24) is 10.2 Å². The van der Waals surface area contributed by atoms with E-state index < -0.39 is 12.0 Å². The lowest BCUT2D eigenvalue weighted by Gasteiger charge is -2.27. The fraction of sp³-hybridized carbons (Fsp3) is 0.800. The first-order chi connectivity index (χ1) is 9.65. The van der Waals surface area contributed by atoms with Crippen LogP contribution in [0.3, 0.4) is 0 Å². The molecule has 0 aromatic heterocycles. The summed E-state index contributed by atoms with van der Waals surface area (Å²) in [7, 11) is 0. The molecule has 1 amide bonds. The number of carboxylic acid groups (broad SMARTS) is 1. The van der Waals surface area contributed by atoms with Crippen LogP contribution in [0.25, 0.3) is 0 Å². The number of rotatable bonds is 10. The second-order valence-corrected chi connectivity index (χ2v) is 5.96. The molecule has 0 aromatic rings. The van der Waals surface area contributed by atoms with Crippen LogP contribution in [0, 0.1) is 5.92 Å². The third-order valence-electron chi connectivity index (χ3n) is 3.33. The van der Waals surface area contributed by atoms with Gasteiger partial charge in [-0.3, -0.25) is 19.3 Å². The normalized spacial score (nSPS) is 12.8. The first kappa shape index (κ1) is 19.6. The molecule has 21 heavy (non-hydrogen) atoms. The van der Waals surface area contributed by atoms with E-state index in [4.69, 9.17) is 5.11 Å². The smallest absolute Gasteiger partial charge is 0.303 e. The van der Waals surface area contributed by atoms with Crippen LogP contribution in [0.15, 0.2) is 0 Å². The number of carboxylic acids is 1. The molecule has 0 saturated heterocycles. The zero-order valence-electron chi connectivity index (χ0n) is 13.7. The van der Waals surface area contributed by atoms with Gasteiger partial charge in [0, 0.05) is 12.5 Å². The summed E-state index contributed by atoms with van der Waals surface area (Å²) in [5, 5.41) is 11.4. The maximum absolute atomic E-state index is 12.1. The number of ketones is 1. The van der Waals surface area contributed by atoms with E-state index in [9.17, 15) is 14.4 Å². The summed E-state index contributed by atoms with van der Waals surface area (Å²) in [5.74, 6) is -1.04. The first-order valence-corrected chi connectivity index (χ1v) is 7.40. The van der Waals surface area contributed by atoms with Crippen molar-refractivity contribution in [2.75, 3.05) is 13.1 Å². The van der Waals surface area contributed by atoms with Gasteiger partial charge in [0.15, 0.2) is 5.78 Å². The van der Waals surface area contributed by atoms with Gasteiger partial charge in [-0.2, -0.15) is 0 Å². The predicted molar refractivity (Wildman–Crippen MR) is 81.0 cm³/mol. The van der Waals surface area contributed by atoms with Crippen molar-refractivity contribution in [3.8, 4) is 0 Å². The van der Waals surface area contributed by atoms with Gasteiger partial charge in [-0.1, -0.05) is 13.8 Å². The van der Waals surface area contributed by atoms with E-state index in [2.05, 4.69) is 5.32 Å². The highest BCUT2D eigenvalue weighted by Gasteiger charge is 2.22. The monoisotopic (exact) mass is 300 g/mol. The summed E-state index contributed by atoms with van der Waals surface area (Å²) in [5.41, 5.74) is 0. The number of hydrogen-bond acceptors (Lipinski definition) is 4. The van der Waals surface area contributed by atoms with Crippen LogP contribution in [-0.4, -0.2) is 52.8 Å². The molecule has 0 spiro atoms. The number of nitrogens with zero attached hydrogens (tertiary/aromatic N) is 1. The molecular weight excluding hydrogens is 272 g/mol. The zero-order chi connectivity index (χ0) is 16.6. The highest BCUT2D eigenvalue weighted by Crippen LogP contribution is 2.05. The van der Waals surface area contributed by atoms with Gasteiger partial charge in [0.2, 0.25) is 5.91 Å². The Hall–Kier alpha value is -1.43. The van der Waals surface area contributed by atoms with Crippen LogP contribution in [0.4, 0.5) is 0 Å². The number of aliphatic carboxylic acids is 1. The topological polar surface area (TPSA) is 86.7 Å². The van der Waals surface area contributed by atoms with E-state index in [-0.39, 0.29) is 36.6 Å². The fourth-order valence-corrected chi connectivity index (χ4v) is 2.09. The molecule has 0 radical (unpaired) electrons. The Morgan fingerprint density at radius 3 is 2.10 bits per heavy atom. The fourth-order valence-electron chi connectivity index (χ4n) is 2.09. The summed E-state index contributed by atoms with van der Waals surface area (Å²) in [4.78, 5) is 36.0. The molecule has 0 rings (SSSR count). The van der Waals surface area contributed by atoms with Gasteiger partial charge < -0.3 is 10.4 Å². The number of carbonyl (C=O) groups excluding carboxylic acids is 2. The Morgan fingerprint density at radius 1 is 1.14 bits per heavy atom. The minimum Gasteiger partial charge on any atom is -0.481 e.